The van der Waals surface area contributed by atoms with Crippen molar-refractivity contribution in [1.82, 2.24) is 5.28 Å². The number of hydroxylamine groups is 1. The first kappa shape index (κ1) is 7.72. The summed E-state index contributed by atoms with van der Waals surface area (Å²) in [6.07, 6.45) is 0. The fourth-order valence-corrected chi connectivity index (χ4v) is 0.203. The molecule has 50 valence electrons. The van der Waals surface area contributed by atoms with E-state index in [2.05, 4.69) is 4.94 Å². The lowest BCUT2D eigenvalue weighted by atomic mass is 11.4. The van der Waals surface area contributed by atoms with E-state index in [1.54, 1.807) is 0 Å². The highest BCUT2D eigenvalue weighted by molar-refractivity contribution is 3.75. The maximum absolute atomic E-state index is 5.03. The van der Waals surface area contributed by atoms with Crippen molar-refractivity contribution in [1.29, 1.82) is 0 Å². The van der Waals surface area contributed by atoms with Gasteiger partial charge in [-0.3, -0.25) is 0 Å². The van der Waals surface area contributed by atoms with Gasteiger partial charge in [-0.2, -0.15) is 0 Å². The first-order valence-electron chi connectivity index (χ1n) is 1.85. The van der Waals surface area contributed by atoms with E-state index in [1.165, 1.54) is 7.05 Å². The molecule has 7 nitrogen and oxygen atoms in total. The van der Waals surface area contributed by atoms with Gasteiger partial charge in [0, 0.05) is 5.28 Å². The molecule has 0 aliphatic heterocycles. The van der Waals surface area contributed by atoms with Gasteiger partial charge in [0.05, 0.1) is 0 Å². The fraction of sp³-hybridized carbons (Fsp3) is 1.00. The predicted octanol–water partition coefficient (Wildman–Crippen LogP) is -2.92. The Hall–Kier alpha value is -0.280. The minimum Gasteiger partial charge on any atom is -0.225 e. The topological polar surface area (TPSA) is 117 Å². The lowest BCUT2D eigenvalue weighted by Crippen LogP contribution is -2.62. The van der Waals surface area contributed by atoms with Crippen molar-refractivity contribution < 1.29 is 9.80 Å². The highest BCUT2D eigenvalue weighted by Gasteiger charge is 2.12. The van der Waals surface area contributed by atoms with E-state index in [0.29, 0.717) is 5.28 Å². The zero-order valence-electron chi connectivity index (χ0n) is 4.61. The van der Waals surface area contributed by atoms with Gasteiger partial charge in [0.2, 0.25) is 0 Å². The molecule has 0 aromatic rings. The van der Waals surface area contributed by atoms with Gasteiger partial charge in [-0.05, 0) is 9.80 Å². The van der Waals surface area contributed by atoms with Crippen LogP contribution >= 0.6 is 0 Å². The molecule has 0 saturated heterocycles. The van der Waals surface area contributed by atoms with Crippen LogP contribution in [0.2, 0.25) is 0 Å². The highest BCUT2D eigenvalue weighted by Crippen LogP contribution is 1.78. The molecule has 0 unspecified atom stereocenters. The van der Waals surface area contributed by atoms with E-state index < -0.39 is 4.86 Å². The maximum atomic E-state index is 5.03. The average Bonchev–Trinajstić information content (AvgIpc) is 1.21. The standard InChI is InChI=1S/CH11N6O/c1-7(4,5)8-6(2)3/h2-5H2,1H3/q+1. The summed E-state index contributed by atoms with van der Waals surface area (Å²) in [5, 5.41) is 0.431. The molecule has 8 N–H and O–H groups in total. The summed E-state index contributed by atoms with van der Waals surface area (Å²) < 4.78 is 0. The van der Waals surface area contributed by atoms with Crippen LogP contribution in [0.1, 0.15) is 0 Å². The molecule has 0 aromatic carbocycles. The van der Waals surface area contributed by atoms with Crippen LogP contribution in [-0.4, -0.2) is 17.2 Å². The third kappa shape index (κ3) is 5.72. The lowest BCUT2D eigenvalue weighted by Gasteiger charge is -2.19. The van der Waals surface area contributed by atoms with Crippen molar-refractivity contribution in [2.75, 3.05) is 7.05 Å². The largest absolute Gasteiger partial charge is 0.225 e. The van der Waals surface area contributed by atoms with Gasteiger partial charge < -0.3 is 0 Å². The quantitative estimate of drug-likeness (QED) is 0.177. The average molecular weight is 123 g/mol. The van der Waals surface area contributed by atoms with E-state index in [0.717, 1.165) is 0 Å². The summed E-state index contributed by atoms with van der Waals surface area (Å²) in [4.78, 5) is 3.58. The molecule has 0 fully saturated rings. The van der Waals surface area contributed by atoms with Gasteiger partial charge in [0.15, 0.2) is 0 Å². The fourth-order valence-electron chi connectivity index (χ4n) is 0.203. The molecule has 0 aliphatic rings. The third-order valence-electron chi connectivity index (χ3n) is 0.270. The van der Waals surface area contributed by atoms with Crippen molar-refractivity contribution in [2.45, 2.75) is 0 Å². The summed E-state index contributed by atoms with van der Waals surface area (Å²) in [5.41, 5.74) is 0. The van der Waals surface area contributed by atoms with Crippen molar-refractivity contribution in [3.05, 3.63) is 0 Å². The van der Waals surface area contributed by atoms with Crippen LogP contribution in [0.4, 0.5) is 0 Å². The molecule has 0 rings (SSSR count). The number of hydrazine groups is 2. The van der Waals surface area contributed by atoms with Crippen molar-refractivity contribution >= 4 is 0 Å². The normalized spacial score (nSPS) is 12.8. The molecule has 0 radical (unpaired) electrons. The number of hydrogen-bond donors (Lipinski definition) is 4. The van der Waals surface area contributed by atoms with Crippen LogP contribution in [0.5, 0.6) is 0 Å². The van der Waals surface area contributed by atoms with Crippen LogP contribution in [0.25, 0.3) is 0 Å². The Morgan fingerprint density at radius 2 is 1.75 bits per heavy atom. The number of nitrogens with two attached hydrogens (primary N) is 4. The van der Waals surface area contributed by atoms with Gasteiger partial charge in [0.25, 0.3) is 0 Å². The van der Waals surface area contributed by atoms with Gasteiger partial charge in [-0.15, -0.1) is 11.7 Å². The zero-order valence-corrected chi connectivity index (χ0v) is 4.61. The summed E-state index contributed by atoms with van der Waals surface area (Å²) >= 11 is 0. The van der Waals surface area contributed by atoms with Crippen LogP contribution in [0, 0.1) is 0 Å². The second kappa shape index (κ2) is 2.33. The van der Waals surface area contributed by atoms with E-state index in [-0.39, 0.29) is 0 Å². The van der Waals surface area contributed by atoms with Crippen LogP contribution in [-0.2, 0) is 4.94 Å². The molecule has 0 aliphatic carbocycles. The molecule has 0 heterocycles. The SMILES string of the molecule is C[N+](N)(N)ON(N)N. The minimum atomic E-state index is -0.743. The number of hydrogen-bond acceptors (Lipinski definition) is 6. The van der Waals surface area contributed by atoms with Crippen molar-refractivity contribution in [2.24, 2.45) is 23.4 Å². The molecule has 0 bridgehead atoms. The second-order valence-corrected chi connectivity index (χ2v) is 1.50. The van der Waals surface area contributed by atoms with E-state index in [1.807, 2.05) is 0 Å². The van der Waals surface area contributed by atoms with Crippen LogP contribution in [0.3, 0.4) is 0 Å². The monoisotopic (exact) mass is 123 g/mol. The Morgan fingerprint density at radius 3 is 1.75 bits per heavy atom. The highest BCUT2D eigenvalue weighted by atomic mass is 16.9. The molecule has 8 heavy (non-hydrogen) atoms. The van der Waals surface area contributed by atoms with Crippen LogP contribution < -0.4 is 23.4 Å². The number of nitrogens with zero attached hydrogens (tertiary/aromatic N) is 2. The summed E-state index contributed by atoms with van der Waals surface area (Å²) in [5.74, 6) is 19.6. The first-order chi connectivity index (χ1) is 3.42. The second-order valence-electron chi connectivity index (χ2n) is 1.50. The molecule has 7 heteroatoms. The summed E-state index contributed by atoms with van der Waals surface area (Å²) in [6.45, 7) is 0. The molecular formula is CH11N6O+. The molecule has 0 saturated carbocycles. The summed E-state index contributed by atoms with van der Waals surface area (Å²) in [7, 11) is 1.35. The third-order valence-corrected chi connectivity index (χ3v) is 0.270. The van der Waals surface area contributed by atoms with Crippen LogP contribution in [0.15, 0.2) is 0 Å². The molecule has 0 atom stereocenters. The molecule has 0 spiro atoms. The van der Waals surface area contributed by atoms with Gasteiger partial charge >= 0.3 is 0 Å². The number of rotatable bonds is 2. The smallest absolute Gasteiger partial charge is 0.140 e. The molecular weight excluding hydrogens is 112 g/mol. The van der Waals surface area contributed by atoms with E-state index >= 15 is 0 Å². The zero-order chi connectivity index (χ0) is 6.78. The van der Waals surface area contributed by atoms with Crippen molar-refractivity contribution in [3.8, 4) is 0 Å². The Bertz CT molecular complexity index is 63.4. The van der Waals surface area contributed by atoms with E-state index in [9.17, 15) is 0 Å². The molecule has 0 amide bonds. The summed E-state index contributed by atoms with van der Waals surface area (Å²) in [6, 6.07) is 0. The predicted molar refractivity (Wildman–Crippen MR) is 25.9 cm³/mol. The lowest BCUT2D eigenvalue weighted by molar-refractivity contribution is -1.14. The minimum absolute atomic E-state index is 0.431. The Labute approximate surface area is 46.7 Å². The maximum Gasteiger partial charge on any atom is 0.140 e. The Morgan fingerprint density at radius 1 is 1.38 bits per heavy atom. The van der Waals surface area contributed by atoms with Gasteiger partial charge in [-0.1, -0.05) is 0 Å². The van der Waals surface area contributed by atoms with Gasteiger partial charge in [0.1, 0.15) is 7.05 Å². The Kier molecular flexibility index (Phi) is 2.25. The number of quaternary nitrogens is 1. The molecule has 0 aromatic heterocycles. The first-order valence-corrected chi connectivity index (χ1v) is 1.85. The van der Waals surface area contributed by atoms with Gasteiger partial charge in [-0.25, -0.2) is 11.7 Å². The Balaban J connectivity index is 3.39. The van der Waals surface area contributed by atoms with Crippen molar-refractivity contribution in [3.63, 3.8) is 0 Å². The van der Waals surface area contributed by atoms with E-state index in [4.69, 9.17) is 23.4 Å².